The Morgan fingerprint density at radius 2 is 0.736 bits per heavy atom. The first-order valence-electron chi connectivity index (χ1n) is 17.3. The monoisotopic (exact) mass is 720 g/mol. The molecule has 6 nitrogen and oxygen atoms in total. The molecule has 8 heteroatoms. The highest BCUT2D eigenvalue weighted by molar-refractivity contribution is 6.31. The predicted octanol–water partition coefficient (Wildman–Crippen LogP) is 12.7. The molecule has 11 rings (SSSR count). The third-order valence-corrected chi connectivity index (χ3v) is 10.8. The van der Waals surface area contributed by atoms with E-state index < -0.39 is 0 Å². The Morgan fingerprint density at radius 3 is 1.19 bits per heavy atom. The second kappa shape index (κ2) is 11.5. The number of benzene rings is 7. The van der Waals surface area contributed by atoms with Crippen LogP contribution in [0.5, 0.6) is 0 Å². The first kappa shape index (κ1) is 30.2. The quantitative estimate of drug-likeness (QED) is 0.169. The Hall–Kier alpha value is -6.47. The van der Waals surface area contributed by atoms with Gasteiger partial charge in [0, 0.05) is 71.1 Å². The van der Waals surface area contributed by atoms with Gasteiger partial charge in [0.15, 0.2) is 5.82 Å². The normalized spacial score (nSPS) is 12.0. The average Bonchev–Trinajstić information content (AvgIpc) is 3.88. The molecule has 7 aromatic carbocycles. The van der Waals surface area contributed by atoms with E-state index in [1.807, 2.05) is 0 Å². The number of nitrogens with zero attached hydrogens (tertiary/aromatic N) is 3. The third-order valence-electron chi connectivity index (χ3n) is 10.5. The first-order chi connectivity index (χ1) is 26.1. The largest absolute Gasteiger partial charge is 0.354 e. The lowest BCUT2D eigenvalue weighted by molar-refractivity contribution is 1.06. The zero-order chi connectivity index (χ0) is 35.2. The van der Waals surface area contributed by atoms with Gasteiger partial charge in [0.25, 0.3) is 0 Å². The molecule has 0 fully saturated rings. The van der Waals surface area contributed by atoms with Crippen molar-refractivity contribution < 1.29 is 0 Å². The van der Waals surface area contributed by atoms with Gasteiger partial charge >= 0.3 is 0 Å². The number of fused-ring (bicyclic) bond motifs is 9. The van der Waals surface area contributed by atoms with Crippen LogP contribution in [-0.4, -0.2) is 29.9 Å². The molecule has 4 aromatic heterocycles. The number of H-pyrrole nitrogens is 3. The van der Waals surface area contributed by atoms with E-state index in [1.165, 1.54) is 5.39 Å². The van der Waals surface area contributed by atoms with Crippen LogP contribution < -0.4 is 0 Å². The fourth-order valence-corrected chi connectivity index (χ4v) is 8.57. The highest BCUT2D eigenvalue weighted by Crippen LogP contribution is 2.47. The second-order valence-electron chi connectivity index (χ2n) is 13.3. The molecule has 0 aliphatic carbocycles. The lowest BCUT2D eigenvalue weighted by Gasteiger charge is -2.19. The molecule has 4 heterocycles. The Labute approximate surface area is 312 Å². The van der Waals surface area contributed by atoms with Gasteiger partial charge in [0.05, 0.1) is 16.6 Å². The number of hydrogen-bond acceptors (Lipinski definition) is 3. The minimum Gasteiger partial charge on any atom is -0.354 e. The van der Waals surface area contributed by atoms with Gasteiger partial charge in [-0.2, -0.15) is 15.0 Å². The predicted molar refractivity (Wildman–Crippen MR) is 220 cm³/mol. The number of aromatic amines is 3. The molecular weight excluding hydrogens is 695 g/mol. The van der Waals surface area contributed by atoms with E-state index in [4.69, 9.17) is 33.2 Å². The standard InChI is InChI=1S/C45H26Cl2N6/c46-44-51-43(52-45(47)53-44)39-34(32-17-8-15-30-27-11-2-5-20-37(27)49-41(30)32)22-24(25-13-7-14-29-26-10-1-4-19-36(26)48-40(25)29)23-35(39)33-18-9-16-31-28-12-3-6-21-38(28)50-42(31)33/h1-23,48-50H. The third kappa shape index (κ3) is 4.63. The molecule has 0 aliphatic rings. The lowest BCUT2D eigenvalue weighted by Crippen LogP contribution is -2.00. The smallest absolute Gasteiger partial charge is 0.227 e. The van der Waals surface area contributed by atoms with Gasteiger partial charge in [0.2, 0.25) is 10.6 Å². The Morgan fingerprint density at radius 1 is 0.358 bits per heavy atom. The topological polar surface area (TPSA) is 86.0 Å². The zero-order valence-corrected chi connectivity index (χ0v) is 29.4. The van der Waals surface area contributed by atoms with Gasteiger partial charge in [-0.15, -0.1) is 0 Å². The lowest BCUT2D eigenvalue weighted by atomic mass is 9.86. The minimum absolute atomic E-state index is 0.0245. The number of nitrogens with one attached hydrogen (secondary N) is 3. The van der Waals surface area contributed by atoms with Crippen LogP contribution in [0.3, 0.4) is 0 Å². The first-order valence-corrected chi connectivity index (χ1v) is 18.1. The number of hydrogen-bond donors (Lipinski definition) is 3. The number of para-hydroxylation sites is 6. The van der Waals surface area contributed by atoms with Crippen molar-refractivity contribution in [2.45, 2.75) is 0 Å². The van der Waals surface area contributed by atoms with Crippen molar-refractivity contribution in [1.29, 1.82) is 0 Å². The fourth-order valence-electron chi connectivity index (χ4n) is 8.21. The van der Waals surface area contributed by atoms with E-state index >= 15 is 0 Å². The molecule has 0 bridgehead atoms. The van der Waals surface area contributed by atoms with Crippen LogP contribution in [-0.2, 0) is 0 Å². The summed E-state index contributed by atoms with van der Waals surface area (Å²) in [5.74, 6) is 0.386. The van der Waals surface area contributed by atoms with Gasteiger partial charge in [-0.25, -0.2) is 0 Å². The molecule has 0 radical (unpaired) electrons. The summed E-state index contributed by atoms with van der Waals surface area (Å²) >= 11 is 13.1. The molecule has 11 aromatic rings. The second-order valence-corrected chi connectivity index (χ2v) is 14.0. The zero-order valence-electron chi connectivity index (χ0n) is 27.9. The number of halogens is 2. The molecule has 53 heavy (non-hydrogen) atoms. The molecule has 0 aliphatic heterocycles. The van der Waals surface area contributed by atoms with Crippen LogP contribution in [0.25, 0.3) is 110 Å². The van der Waals surface area contributed by atoms with Gasteiger partial charge in [-0.1, -0.05) is 109 Å². The molecule has 0 unspecified atom stereocenters. The van der Waals surface area contributed by atoms with Crippen molar-refractivity contribution in [1.82, 2.24) is 29.9 Å². The molecule has 3 N–H and O–H groups in total. The van der Waals surface area contributed by atoms with Crippen molar-refractivity contribution in [3.8, 4) is 44.8 Å². The summed E-state index contributed by atoms with van der Waals surface area (Å²) in [6, 6.07) is 49.1. The highest BCUT2D eigenvalue weighted by atomic mass is 35.5. The van der Waals surface area contributed by atoms with Crippen LogP contribution in [0, 0.1) is 0 Å². The summed E-state index contributed by atoms with van der Waals surface area (Å²) in [7, 11) is 0. The van der Waals surface area contributed by atoms with Crippen molar-refractivity contribution in [2.24, 2.45) is 0 Å². The van der Waals surface area contributed by atoms with Gasteiger partial charge in [-0.05, 0) is 70.2 Å². The average molecular weight is 722 g/mol. The molecule has 0 atom stereocenters. The maximum absolute atomic E-state index is 6.56. The van der Waals surface area contributed by atoms with Crippen LogP contribution >= 0.6 is 23.2 Å². The van der Waals surface area contributed by atoms with Crippen LogP contribution in [0.2, 0.25) is 10.6 Å². The summed E-state index contributed by atoms with van der Waals surface area (Å²) in [5, 5.41) is 6.95. The number of aromatic nitrogens is 6. The van der Waals surface area contributed by atoms with E-state index in [1.54, 1.807) is 0 Å². The Bertz CT molecular complexity index is 3130. The van der Waals surface area contributed by atoms with E-state index in [0.717, 1.165) is 99.0 Å². The Kier molecular flexibility index (Phi) is 6.56. The molecule has 0 amide bonds. The van der Waals surface area contributed by atoms with E-state index in [-0.39, 0.29) is 10.6 Å². The minimum atomic E-state index is 0.0245. The van der Waals surface area contributed by atoms with Crippen molar-refractivity contribution in [3.63, 3.8) is 0 Å². The maximum Gasteiger partial charge on any atom is 0.227 e. The SMILES string of the molecule is Clc1nc(Cl)nc(-c2c(-c3cccc4c3[nH]c3ccccc34)cc(-c3cccc4c3[nH]c3ccccc34)cc2-c2cccc3c2[nH]c2ccccc23)n1. The van der Waals surface area contributed by atoms with Crippen LogP contribution in [0.15, 0.2) is 140 Å². The Balaban J connectivity index is 1.33. The van der Waals surface area contributed by atoms with Crippen molar-refractivity contribution in [3.05, 3.63) is 150 Å². The molecule has 0 saturated heterocycles. The summed E-state index contributed by atoms with van der Waals surface area (Å²) in [6.45, 7) is 0. The van der Waals surface area contributed by atoms with Crippen LogP contribution in [0.4, 0.5) is 0 Å². The molecular formula is C45H26Cl2N6. The van der Waals surface area contributed by atoms with E-state index in [0.29, 0.717) is 5.82 Å². The maximum atomic E-state index is 6.56. The summed E-state index contributed by atoms with van der Waals surface area (Å²) < 4.78 is 0. The molecule has 0 spiro atoms. The van der Waals surface area contributed by atoms with E-state index in [9.17, 15) is 0 Å². The summed E-state index contributed by atoms with van der Waals surface area (Å²) in [6.07, 6.45) is 0. The van der Waals surface area contributed by atoms with Crippen molar-refractivity contribution >= 4 is 88.6 Å². The fraction of sp³-hybridized carbons (Fsp3) is 0. The highest BCUT2D eigenvalue weighted by Gasteiger charge is 2.25. The summed E-state index contributed by atoms with van der Waals surface area (Å²) in [5.41, 5.74) is 13.0. The van der Waals surface area contributed by atoms with Gasteiger partial charge in [-0.3, -0.25) is 0 Å². The molecule has 0 saturated carbocycles. The van der Waals surface area contributed by atoms with Crippen LogP contribution in [0.1, 0.15) is 0 Å². The molecule has 250 valence electrons. The van der Waals surface area contributed by atoms with E-state index in [2.05, 4.69) is 159 Å². The van der Waals surface area contributed by atoms with Gasteiger partial charge in [0.1, 0.15) is 0 Å². The number of rotatable bonds is 4. The van der Waals surface area contributed by atoms with Gasteiger partial charge < -0.3 is 15.0 Å². The van der Waals surface area contributed by atoms with Crippen molar-refractivity contribution in [2.75, 3.05) is 0 Å². The summed E-state index contributed by atoms with van der Waals surface area (Å²) in [4.78, 5) is 24.8.